The second-order valence-electron chi connectivity index (χ2n) is 3.73. The summed E-state index contributed by atoms with van der Waals surface area (Å²) in [5, 5.41) is 2.62. The average molecular weight is 231 g/mol. The van der Waals surface area contributed by atoms with Crippen LogP contribution in [0.1, 0.15) is 6.42 Å². The highest BCUT2D eigenvalue weighted by Gasteiger charge is 2.37. The lowest BCUT2D eigenvalue weighted by Crippen LogP contribution is -2.55. The zero-order valence-electron chi connectivity index (χ0n) is 9.03. The van der Waals surface area contributed by atoms with Crippen molar-refractivity contribution in [3.05, 3.63) is 0 Å². The van der Waals surface area contributed by atoms with Crippen molar-refractivity contribution in [2.75, 3.05) is 33.0 Å². The summed E-state index contributed by atoms with van der Waals surface area (Å²) in [4.78, 5) is 21.9. The molecule has 7 heteroatoms. The molecular formula is C9H17N3O4. The molecule has 1 heterocycles. The SMILES string of the molecule is NC(=O)COCCNC(=O)C1(N)CCOC1. The van der Waals surface area contributed by atoms with E-state index in [4.69, 9.17) is 20.9 Å². The molecule has 92 valence electrons. The zero-order valence-corrected chi connectivity index (χ0v) is 9.03. The first-order valence-electron chi connectivity index (χ1n) is 5.05. The number of nitrogens with one attached hydrogen (secondary N) is 1. The fourth-order valence-electron chi connectivity index (χ4n) is 1.35. The molecule has 0 bridgehead atoms. The van der Waals surface area contributed by atoms with Crippen LogP contribution in [-0.4, -0.2) is 50.3 Å². The quantitative estimate of drug-likeness (QED) is 0.445. The van der Waals surface area contributed by atoms with Gasteiger partial charge >= 0.3 is 0 Å². The van der Waals surface area contributed by atoms with Crippen molar-refractivity contribution >= 4 is 11.8 Å². The molecule has 1 fully saturated rings. The predicted molar refractivity (Wildman–Crippen MR) is 55.4 cm³/mol. The lowest BCUT2D eigenvalue weighted by Gasteiger charge is -2.20. The van der Waals surface area contributed by atoms with Crippen LogP contribution < -0.4 is 16.8 Å². The van der Waals surface area contributed by atoms with Gasteiger partial charge in [0.2, 0.25) is 11.8 Å². The van der Waals surface area contributed by atoms with Crippen LogP contribution in [0.15, 0.2) is 0 Å². The van der Waals surface area contributed by atoms with Crippen molar-refractivity contribution in [2.24, 2.45) is 11.5 Å². The molecule has 0 aromatic carbocycles. The van der Waals surface area contributed by atoms with Crippen LogP contribution in [0.2, 0.25) is 0 Å². The summed E-state index contributed by atoms with van der Waals surface area (Å²) < 4.78 is 9.94. The minimum absolute atomic E-state index is 0.146. The fraction of sp³-hybridized carbons (Fsp3) is 0.778. The van der Waals surface area contributed by atoms with Gasteiger partial charge in [-0.2, -0.15) is 0 Å². The number of ether oxygens (including phenoxy) is 2. The first-order chi connectivity index (χ1) is 7.54. The van der Waals surface area contributed by atoms with E-state index >= 15 is 0 Å². The Bertz CT molecular complexity index is 263. The molecule has 0 aliphatic carbocycles. The number of rotatable bonds is 6. The summed E-state index contributed by atoms with van der Waals surface area (Å²) >= 11 is 0. The Morgan fingerprint density at radius 2 is 2.25 bits per heavy atom. The van der Waals surface area contributed by atoms with Crippen LogP contribution >= 0.6 is 0 Å². The summed E-state index contributed by atoms with van der Waals surface area (Å²) in [7, 11) is 0. The van der Waals surface area contributed by atoms with Crippen LogP contribution in [0.5, 0.6) is 0 Å². The van der Waals surface area contributed by atoms with Crippen molar-refractivity contribution < 1.29 is 19.1 Å². The van der Waals surface area contributed by atoms with Gasteiger partial charge < -0.3 is 26.3 Å². The molecule has 1 aliphatic rings. The van der Waals surface area contributed by atoms with Crippen molar-refractivity contribution in [1.29, 1.82) is 0 Å². The minimum atomic E-state index is -0.927. The third-order valence-electron chi connectivity index (χ3n) is 2.28. The van der Waals surface area contributed by atoms with Crippen molar-refractivity contribution in [3.63, 3.8) is 0 Å². The number of primary amides is 1. The van der Waals surface area contributed by atoms with Crippen molar-refractivity contribution in [1.82, 2.24) is 5.32 Å². The maximum atomic E-state index is 11.6. The standard InChI is InChI=1S/C9H17N3O4/c10-7(13)5-15-4-2-12-8(14)9(11)1-3-16-6-9/h1-6,11H2,(H2,10,13)(H,12,14). The molecule has 1 aliphatic heterocycles. The van der Waals surface area contributed by atoms with Gasteiger partial charge in [-0.1, -0.05) is 0 Å². The summed E-state index contributed by atoms with van der Waals surface area (Å²) in [5.41, 5.74) is 9.75. The van der Waals surface area contributed by atoms with Crippen molar-refractivity contribution in [2.45, 2.75) is 12.0 Å². The lowest BCUT2D eigenvalue weighted by atomic mass is 9.99. The van der Waals surface area contributed by atoms with Crippen LogP contribution in [0.4, 0.5) is 0 Å². The van der Waals surface area contributed by atoms with E-state index in [1.807, 2.05) is 0 Å². The molecule has 7 nitrogen and oxygen atoms in total. The zero-order chi connectivity index (χ0) is 12.0. The summed E-state index contributed by atoms with van der Waals surface area (Å²) in [6.45, 7) is 1.12. The lowest BCUT2D eigenvalue weighted by molar-refractivity contribution is -0.126. The normalized spacial score (nSPS) is 24.3. The molecule has 5 N–H and O–H groups in total. The molecule has 0 saturated carbocycles. The van der Waals surface area contributed by atoms with Gasteiger partial charge in [-0.05, 0) is 6.42 Å². The second kappa shape index (κ2) is 5.78. The van der Waals surface area contributed by atoms with E-state index in [1.54, 1.807) is 0 Å². The summed E-state index contributed by atoms with van der Waals surface area (Å²) in [6, 6.07) is 0. The Labute approximate surface area is 93.4 Å². The molecule has 1 unspecified atom stereocenters. The largest absolute Gasteiger partial charge is 0.379 e. The highest BCUT2D eigenvalue weighted by Crippen LogP contribution is 2.14. The molecule has 0 aromatic rings. The molecule has 0 radical (unpaired) electrons. The van der Waals surface area contributed by atoms with E-state index in [2.05, 4.69) is 5.32 Å². The average Bonchev–Trinajstić information content (AvgIpc) is 2.65. The second-order valence-corrected chi connectivity index (χ2v) is 3.73. The van der Waals surface area contributed by atoms with E-state index in [-0.39, 0.29) is 25.7 Å². The van der Waals surface area contributed by atoms with Crippen LogP contribution in [0, 0.1) is 0 Å². The Morgan fingerprint density at radius 1 is 1.50 bits per heavy atom. The van der Waals surface area contributed by atoms with Crippen LogP contribution in [-0.2, 0) is 19.1 Å². The van der Waals surface area contributed by atoms with Gasteiger partial charge in [-0.3, -0.25) is 9.59 Å². The summed E-state index contributed by atoms with van der Waals surface area (Å²) in [5.74, 6) is -0.793. The van der Waals surface area contributed by atoms with Gasteiger partial charge in [0.05, 0.1) is 13.2 Å². The molecule has 1 saturated heterocycles. The Kier molecular flexibility index (Phi) is 4.66. The number of carbonyl (C=O) groups is 2. The van der Waals surface area contributed by atoms with Crippen molar-refractivity contribution in [3.8, 4) is 0 Å². The van der Waals surface area contributed by atoms with Gasteiger partial charge in [0.15, 0.2) is 0 Å². The maximum absolute atomic E-state index is 11.6. The van der Waals surface area contributed by atoms with Gasteiger partial charge in [0, 0.05) is 13.2 Å². The maximum Gasteiger partial charge on any atom is 0.243 e. The molecule has 0 aromatic heterocycles. The Balaban J connectivity index is 2.13. The van der Waals surface area contributed by atoms with E-state index in [1.165, 1.54) is 0 Å². The van der Waals surface area contributed by atoms with Gasteiger partial charge in [0.1, 0.15) is 12.1 Å². The Hall–Kier alpha value is -1.18. The van der Waals surface area contributed by atoms with E-state index in [0.29, 0.717) is 19.6 Å². The third kappa shape index (κ3) is 3.76. The molecule has 1 rings (SSSR count). The highest BCUT2D eigenvalue weighted by atomic mass is 16.5. The number of hydrogen-bond acceptors (Lipinski definition) is 5. The van der Waals surface area contributed by atoms with E-state index < -0.39 is 11.4 Å². The van der Waals surface area contributed by atoms with Gasteiger partial charge in [-0.25, -0.2) is 0 Å². The predicted octanol–water partition coefficient (Wildman–Crippen LogP) is -2.28. The highest BCUT2D eigenvalue weighted by molar-refractivity contribution is 5.86. The molecular weight excluding hydrogens is 214 g/mol. The molecule has 1 atom stereocenters. The smallest absolute Gasteiger partial charge is 0.243 e. The van der Waals surface area contributed by atoms with Crippen LogP contribution in [0.3, 0.4) is 0 Å². The molecule has 0 spiro atoms. The number of amides is 2. The first-order valence-corrected chi connectivity index (χ1v) is 5.05. The number of hydrogen-bond donors (Lipinski definition) is 3. The number of carbonyl (C=O) groups excluding carboxylic acids is 2. The summed E-state index contributed by atoms with van der Waals surface area (Å²) in [6.07, 6.45) is 0.515. The number of nitrogens with two attached hydrogens (primary N) is 2. The molecule has 2 amide bonds. The Morgan fingerprint density at radius 3 is 2.81 bits per heavy atom. The van der Waals surface area contributed by atoms with E-state index in [0.717, 1.165) is 0 Å². The molecule has 16 heavy (non-hydrogen) atoms. The van der Waals surface area contributed by atoms with Crippen LogP contribution in [0.25, 0.3) is 0 Å². The first kappa shape index (κ1) is 12.9. The third-order valence-corrected chi connectivity index (χ3v) is 2.28. The van der Waals surface area contributed by atoms with Gasteiger partial charge in [0.25, 0.3) is 0 Å². The topological polar surface area (TPSA) is 117 Å². The fourth-order valence-corrected chi connectivity index (χ4v) is 1.35. The van der Waals surface area contributed by atoms with Gasteiger partial charge in [-0.15, -0.1) is 0 Å². The monoisotopic (exact) mass is 231 g/mol. The minimum Gasteiger partial charge on any atom is -0.379 e. The van der Waals surface area contributed by atoms with E-state index in [9.17, 15) is 9.59 Å².